The Labute approximate surface area is 204 Å². The van der Waals surface area contributed by atoms with Gasteiger partial charge in [-0.3, -0.25) is 19.8 Å². The van der Waals surface area contributed by atoms with E-state index >= 15 is 0 Å². The summed E-state index contributed by atoms with van der Waals surface area (Å²) in [5, 5.41) is 2.28. The number of carbonyl (C=O) groups excluding carboxylic acids is 3. The van der Waals surface area contributed by atoms with Crippen LogP contribution in [0.25, 0.3) is 6.08 Å². The number of rotatable bonds is 6. The zero-order valence-corrected chi connectivity index (χ0v) is 20.1. The number of nitrogens with one attached hydrogen (secondary N) is 1. The lowest BCUT2D eigenvalue weighted by molar-refractivity contribution is -0.131. The third-order valence-electron chi connectivity index (χ3n) is 5.68. The van der Waals surface area contributed by atoms with E-state index in [2.05, 4.69) is 27.9 Å². The normalized spacial score (nSPS) is 18.1. The van der Waals surface area contributed by atoms with E-state index < -0.39 is 17.8 Å². The van der Waals surface area contributed by atoms with E-state index in [0.717, 1.165) is 31.2 Å². The maximum Gasteiger partial charge on any atom is 0.331 e. The van der Waals surface area contributed by atoms with Crippen LogP contribution in [0.2, 0.25) is 0 Å². The summed E-state index contributed by atoms with van der Waals surface area (Å²) >= 11 is 2.08. The number of imide groups is 2. The maximum atomic E-state index is 13.1. The highest BCUT2D eigenvalue weighted by Crippen LogP contribution is 2.36. The fourth-order valence-electron chi connectivity index (χ4n) is 4.03. The van der Waals surface area contributed by atoms with Crippen LogP contribution in [0.5, 0.6) is 11.5 Å². The Morgan fingerprint density at radius 2 is 1.85 bits per heavy atom. The van der Waals surface area contributed by atoms with Gasteiger partial charge in [-0.1, -0.05) is 25.0 Å². The third-order valence-corrected chi connectivity index (χ3v) is 6.48. The predicted molar refractivity (Wildman–Crippen MR) is 127 cm³/mol. The van der Waals surface area contributed by atoms with Gasteiger partial charge in [0.15, 0.2) is 11.5 Å². The average molecular weight is 564 g/mol. The standard InChI is InChI=1S/C24H22FIN2O5/c1-32-20-12-15(11-19(26)21(20)33-13-14-6-8-16(25)9-7-14)10-18-22(29)27-24(31)28(23(18)30)17-4-2-3-5-17/h6-12,17H,2-5,13H2,1H3,(H,27,29,31)/b18-10+. The number of carbonyl (C=O) groups is 3. The van der Waals surface area contributed by atoms with Gasteiger partial charge >= 0.3 is 6.03 Å². The molecule has 4 amide bonds. The van der Waals surface area contributed by atoms with E-state index in [4.69, 9.17) is 9.47 Å². The Kier molecular flexibility index (Phi) is 6.96. The molecule has 1 N–H and O–H groups in total. The summed E-state index contributed by atoms with van der Waals surface area (Å²) in [6.45, 7) is 0.215. The number of hydrogen-bond acceptors (Lipinski definition) is 5. The fourth-order valence-corrected chi connectivity index (χ4v) is 4.81. The molecule has 0 atom stereocenters. The Morgan fingerprint density at radius 1 is 1.15 bits per heavy atom. The topological polar surface area (TPSA) is 84.9 Å². The van der Waals surface area contributed by atoms with Gasteiger partial charge in [-0.05, 0) is 76.9 Å². The molecule has 4 rings (SSSR count). The molecule has 1 heterocycles. The van der Waals surface area contributed by atoms with Crippen LogP contribution in [-0.2, 0) is 16.2 Å². The summed E-state index contributed by atoms with van der Waals surface area (Å²) < 4.78 is 25.2. The van der Waals surface area contributed by atoms with E-state index in [0.29, 0.717) is 20.6 Å². The first-order valence-electron chi connectivity index (χ1n) is 10.5. The van der Waals surface area contributed by atoms with Gasteiger partial charge in [-0.2, -0.15) is 0 Å². The second kappa shape index (κ2) is 9.90. The Bertz CT molecular complexity index is 1130. The lowest BCUT2D eigenvalue weighted by Gasteiger charge is -2.31. The predicted octanol–water partition coefficient (Wildman–Crippen LogP) is 4.42. The van der Waals surface area contributed by atoms with Gasteiger partial charge in [-0.25, -0.2) is 9.18 Å². The zero-order chi connectivity index (χ0) is 23.5. The van der Waals surface area contributed by atoms with E-state index in [-0.39, 0.29) is 24.0 Å². The molecule has 7 nitrogen and oxygen atoms in total. The summed E-state index contributed by atoms with van der Waals surface area (Å²) in [6.07, 6.45) is 4.84. The number of nitrogens with zero attached hydrogens (tertiary/aromatic N) is 1. The number of amides is 4. The van der Waals surface area contributed by atoms with E-state index in [9.17, 15) is 18.8 Å². The van der Waals surface area contributed by atoms with Gasteiger partial charge in [-0.15, -0.1) is 0 Å². The van der Waals surface area contributed by atoms with Crippen molar-refractivity contribution >= 4 is 46.5 Å². The van der Waals surface area contributed by atoms with Crippen LogP contribution < -0.4 is 14.8 Å². The number of methoxy groups -OCH3 is 1. The molecule has 1 aliphatic heterocycles. The molecule has 2 aliphatic rings. The molecule has 33 heavy (non-hydrogen) atoms. The van der Waals surface area contributed by atoms with Gasteiger partial charge < -0.3 is 9.47 Å². The molecule has 0 bridgehead atoms. The smallest absolute Gasteiger partial charge is 0.331 e. The van der Waals surface area contributed by atoms with Crippen LogP contribution in [0.15, 0.2) is 42.0 Å². The minimum Gasteiger partial charge on any atom is -0.493 e. The van der Waals surface area contributed by atoms with Crippen molar-refractivity contribution in [1.29, 1.82) is 0 Å². The second-order valence-electron chi connectivity index (χ2n) is 7.88. The van der Waals surface area contributed by atoms with Crippen molar-refractivity contribution in [3.63, 3.8) is 0 Å². The minimum absolute atomic E-state index is 0.0978. The Hall–Kier alpha value is -2.95. The molecule has 0 aromatic heterocycles. The number of ether oxygens (including phenoxy) is 2. The largest absolute Gasteiger partial charge is 0.493 e. The first kappa shape index (κ1) is 23.2. The highest BCUT2D eigenvalue weighted by atomic mass is 127. The summed E-state index contributed by atoms with van der Waals surface area (Å²) in [5.74, 6) is -0.709. The lowest BCUT2D eigenvalue weighted by Crippen LogP contribution is -2.57. The molecule has 9 heteroatoms. The van der Waals surface area contributed by atoms with Crippen molar-refractivity contribution in [1.82, 2.24) is 10.2 Å². The highest BCUT2D eigenvalue weighted by molar-refractivity contribution is 14.1. The fraction of sp³-hybridized carbons (Fsp3) is 0.292. The van der Waals surface area contributed by atoms with Crippen LogP contribution in [0.3, 0.4) is 0 Å². The van der Waals surface area contributed by atoms with Gasteiger partial charge in [0.05, 0.1) is 10.7 Å². The van der Waals surface area contributed by atoms with E-state index in [1.807, 2.05) is 0 Å². The molecule has 2 fully saturated rings. The summed E-state index contributed by atoms with van der Waals surface area (Å²) in [4.78, 5) is 38.9. The number of urea groups is 1. The van der Waals surface area contributed by atoms with Crippen molar-refractivity contribution in [2.45, 2.75) is 38.3 Å². The third kappa shape index (κ3) is 5.02. The van der Waals surface area contributed by atoms with Crippen LogP contribution in [0, 0.1) is 9.39 Å². The molecular weight excluding hydrogens is 542 g/mol. The lowest BCUT2D eigenvalue weighted by atomic mass is 10.0. The molecule has 0 unspecified atom stereocenters. The SMILES string of the molecule is COc1cc(/C=C2\C(=O)NC(=O)N(C3CCCC3)C2=O)cc(I)c1OCc1ccc(F)cc1. The van der Waals surface area contributed by atoms with Crippen LogP contribution in [0.1, 0.15) is 36.8 Å². The number of hydrogen-bond donors (Lipinski definition) is 1. The summed E-state index contributed by atoms with van der Waals surface area (Å²) in [5.41, 5.74) is 1.26. The maximum absolute atomic E-state index is 13.1. The molecule has 2 aromatic carbocycles. The van der Waals surface area contributed by atoms with Crippen molar-refractivity contribution < 1.29 is 28.2 Å². The molecule has 0 radical (unpaired) electrons. The number of halogens is 2. The van der Waals surface area contributed by atoms with Gasteiger partial charge in [0.25, 0.3) is 11.8 Å². The summed E-state index contributed by atoms with van der Waals surface area (Å²) in [6, 6.07) is 8.57. The van der Waals surface area contributed by atoms with E-state index in [1.54, 1.807) is 24.3 Å². The number of benzene rings is 2. The van der Waals surface area contributed by atoms with Crippen LogP contribution in [0.4, 0.5) is 9.18 Å². The van der Waals surface area contributed by atoms with Crippen molar-refractivity contribution in [3.05, 3.63) is 62.5 Å². The Morgan fingerprint density at radius 3 is 2.52 bits per heavy atom. The van der Waals surface area contributed by atoms with Crippen molar-refractivity contribution in [3.8, 4) is 11.5 Å². The first-order valence-corrected chi connectivity index (χ1v) is 11.6. The van der Waals surface area contributed by atoms with E-state index in [1.165, 1.54) is 30.2 Å². The second-order valence-corrected chi connectivity index (χ2v) is 9.04. The summed E-state index contributed by atoms with van der Waals surface area (Å²) in [7, 11) is 1.49. The average Bonchev–Trinajstić information content (AvgIpc) is 3.31. The van der Waals surface area contributed by atoms with Gasteiger partial charge in [0, 0.05) is 6.04 Å². The zero-order valence-electron chi connectivity index (χ0n) is 17.9. The van der Waals surface area contributed by atoms with Gasteiger partial charge in [0.2, 0.25) is 0 Å². The molecule has 1 saturated carbocycles. The van der Waals surface area contributed by atoms with Crippen molar-refractivity contribution in [2.75, 3.05) is 7.11 Å². The first-order chi connectivity index (χ1) is 15.9. The molecular formula is C24H22FIN2O5. The van der Waals surface area contributed by atoms with Crippen molar-refractivity contribution in [2.24, 2.45) is 0 Å². The number of barbiturate groups is 1. The monoisotopic (exact) mass is 564 g/mol. The molecule has 1 saturated heterocycles. The molecule has 1 aliphatic carbocycles. The quantitative estimate of drug-likeness (QED) is 0.319. The highest BCUT2D eigenvalue weighted by Gasteiger charge is 2.40. The van der Waals surface area contributed by atoms with Crippen LogP contribution >= 0.6 is 22.6 Å². The van der Waals surface area contributed by atoms with Crippen LogP contribution in [-0.4, -0.2) is 35.9 Å². The minimum atomic E-state index is -0.718. The van der Waals surface area contributed by atoms with Gasteiger partial charge in [0.1, 0.15) is 18.0 Å². The molecule has 0 spiro atoms. The molecule has 172 valence electrons. The Balaban J connectivity index is 1.59. The molecule has 2 aromatic rings.